The fourth-order valence-corrected chi connectivity index (χ4v) is 4.54. The summed E-state index contributed by atoms with van der Waals surface area (Å²) in [6.45, 7) is 0.416. The van der Waals surface area contributed by atoms with Crippen molar-refractivity contribution in [2.75, 3.05) is 45.8 Å². The van der Waals surface area contributed by atoms with Gasteiger partial charge in [0.15, 0.2) is 6.29 Å². The molecule has 2 amide bonds. The maximum atomic E-state index is 13.6. The third-order valence-corrected chi connectivity index (χ3v) is 6.82. The Kier molecular flexibility index (Phi) is 13.6. The van der Waals surface area contributed by atoms with Gasteiger partial charge in [-0.25, -0.2) is 14.8 Å². The van der Waals surface area contributed by atoms with Crippen molar-refractivity contribution in [3.8, 4) is 5.88 Å². The lowest BCUT2D eigenvalue weighted by atomic mass is 10.0. The van der Waals surface area contributed by atoms with E-state index in [1.54, 1.807) is 0 Å². The van der Waals surface area contributed by atoms with Crippen LogP contribution in [0.2, 0.25) is 0 Å². The van der Waals surface area contributed by atoms with Crippen LogP contribution in [0.5, 0.6) is 5.88 Å². The number of amides is 2. The summed E-state index contributed by atoms with van der Waals surface area (Å²) in [7, 11) is 2.88. The third-order valence-electron chi connectivity index (χ3n) is 6.82. The second kappa shape index (κ2) is 17.4. The molecule has 3 heterocycles. The highest BCUT2D eigenvalue weighted by molar-refractivity contribution is 5.77. The predicted molar refractivity (Wildman–Crippen MR) is 151 cm³/mol. The van der Waals surface area contributed by atoms with Crippen LogP contribution >= 0.6 is 0 Å². The van der Waals surface area contributed by atoms with Crippen LogP contribution < -0.4 is 15.4 Å². The van der Waals surface area contributed by atoms with E-state index in [-0.39, 0.29) is 25.5 Å². The molecule has 2 aromatic heterocycles. The molecule has 0 bridgehead atoms. The SMILES string of the molecule is CCCCOC(=O)C[C@@H](c1ccc(OC(F)F)nc1)N(CC(OC)OC)C(=O)NCCCc1ccc2c(n1)NCCC2. The monoisotopic (exact) mass is 593 g/mol. The van der Waals surface area contributed by atoms with Crippen LogP contribution in [0.25, 0.3) is 0 Å². The molecule has 0 fully saturated rings. The van der Waals surface area contributed by atoms with Crippen LogP contribution in [0.4, 0.5) is 19.4 Å². The molecule has 1 atom stereocenters. The Bertz CT molecular complexity index is 1120. The molecule has 0 saturated carbocycles. The van der Waals surface area contributed by atoms with Gasteiger partial charge < -0.3 is 34.5 Å². The summed E-state index contributed by atoms with van der Waals surface area (Å²) in [5.74, 6) is 0.121. The van der Waals surface area contributed by atoms with Crippen molar-refractivity contribution in [3.05, 3.63) is 47.3 Å². The average Bonchev–Trinajstić information content (AvgIpc) is 2.99. The first-order valence-electron chi connectivity index (χ1n) is 14.2. The number of fused-ring (bicyclic) bond motifs is 1. The molecular formula is C29H41F2N5O6. The Hall–Kier alpha value is -3.58. The molecule has 1 aliphatic rings. The molecule has 0 saturated heterocycles. The minimum Gasteiger partial charge on any atom is -0.466 e. The summed E-state index contributed by atoms with van der Waals surface area (Å²) >= 11 is 0. The minimum atomic E-state index is -3.04. The molecule has 0 aliphatic carbocycles. The van der Waals surface area contributed by atoms with E-state index < -0.39 is 30.9 Å². The highest BCUT2D eigenvalue weighted by atomic mass is 19.3. The van der Waals surface area contributed by atoms with E-state index in [0.717, 1.165) is 37.3 Å². The van der Waals surface area contributed by atoms with Gasteiger partial charge in [-0.15, -0.1) is 0 Å². The quantitative estimate of drug-likeness (QED) is 0.155. The Morgan fingerprint density at radius 2 is 1.95 bits per heavy atom. The van der Waals surface area contributed by atoms with Gasteiger partial charge in [0.25, 0.3) is 0 Å². The zero-order valence-corrected chi connectivity index (χ0v) is 24.4. The summed E-state index contributed by atoms with van der Waals surface area (Å²) in [5.41, 5.74) is 2.57. The fourth-order valence-electron chi connectivity index (χ4n) is 4.54. The van der Waals surface area contributed by atoms with Crippen LogP contribution in [0.1, 0.15) is 61.9 Å². The Morgan fingerprint density at radius 3 is 2.64 bits per heavy atom. The smallest absolute Gasteiger partial charge is 0.388 e. The number of urea groups is 1. The molecule has 13 heteroatoms. The van der Waals surface area contributed by atoms with Crippen molar-refractivity contribution in [2.45, 2.75) is 70.8 Å². The molecule has 0 spiro atoms. The first-order valence-corrected chi connectivity index (χ1v) is 14.2. The second-order valence-electron chi connectivity index (χ2n) is 9.83. The van der Waals surface area contributed by atoms with Crippen molar-refractivity contribution < 1.29 is 37.3 Å². The summed E-state index contributed by atoms with van der Waals surface area (Å²) in [6.07, 6.45) is 5.25. The molecule has 2 aromatic rings. The molecule has 1 aliphatic heterocycles. The van der Waals surface area contributed by atoms with E-state index in [0.29, 0.717) is 31.4 Å². The zero-order chi connectivity index (χ0) is 30.3. The first-order chi connectivity index (χ1) is 20.3. The number of ether oxygens (including phenoxy) is 4. The number of halogens is 2. The number of alkyl halides is 2. The Morgan fingerprint density at radius 1 is 1.14 bits per heavy atom. The van der Waals surface area contributed by atoms with E-state index in [1.165, 1.54) is 43.0 Å². The number of pyridine rings is 2. The van der Waals surface area contributed by atoms with Gasteiger partial charge in [-0.3, -0.25) is 4.79 Å². The van der Waals surface area contributed by atoms with E-state index in [9.17, 15) is 18.4 Å². The number of hydrogen-bond donors (Lipinski definition) is 2. The van der Waals surface area contributed by atoms with Crippen molar-refractivity contribution in [1.29, 1.82) is 0 Å². The minimum absolute atomic E-state index is 0.0287. The summed E-state index contributed by atoms with van der Waals surface area (Å²) in [4.78, 5) is 36.4. The number of aryl methyl sites for hydroxylation is 2. The number of anilines is 1. The van der Waals surface area contributed by atoms with Gasteiger partial charge in [0.05, 0.1) is 25.6 Å². The van der Waals surface area contributed by atoms with Crippen LogP contribution in [0, 0.1) is 0 Å². The number of esters is 1. The Balaban J connectivity index is 1.74. The molecule has 232 valence electrons. The topological polar surface area (TPSA) is 124 Å². The Labute approximate surface area is 245 Å². The van der Waals surface area contributed by atoms with Crippen molar-refractivity contribution in [1.82, 2.24) is 20.2 Å². The number of unbranched alkanes of at least 4 members (excludes halogenated alkanes) is 1. The standard InChI is InChI=1S/C29H41F2N5O6/c1-4-5-16-41-25(37)17-23(21-11-13-24(34-18-21)42-28(30)31)36(19-26(39-2)40-3)29(38)33-15-7-9-22-12-10-20-8-6-14-32-27(20)35-22/h10-13,18,23,26,28H,4-9,14-17,19H2,1-3H3,(H,32,35)(H,33,38)/t23-/m0/s1. The van der Waals surface area contributed by atoms with Gasteiger partial charge in [-0.1, -0.05) is 25.5 Å². The van der Waals surface area contributed by atoms with Crippen molar-refractivity contribution in [3.63, 3.8) is 0 Å². The molecule has 0 radical (unpaired) electrons. The number of hydrogen-bond acceptors (Lipinski definition) is 9. The molecule has 3 rings (SSSR count). The molecule has 42 heavy (non-hydrogen) atoms. The van der Waals surface area contributed by atoms with E-state index >= 15 is 0 Å². The van der Waals surface area contributed by atoms with Gasteiger partial charge in [-0.2, -0.15) is 8.78 Å². The highest BCUT2D eigenvalue weighted by Gasteiger charge is 2.31. The largest absolute Gasteiger partial charge is 0.466 e. The fraction of sp³-hybridized carbons (Fsp3) is 0.586. The van der Waals surface area contributed by atoms with Gasteiger partial charge in [0, 0.05) is 45.3 Å². The summed E-state index contributed by atoms with van der Waals surface area (Å²) < 4.78 is 45.8. The first kappa shape index (κ1) is 32.9. The number of carbonyl (C=O) groups is 2. The van der Waals surface area contributed by atoms with E-state index in [2.05, 4.69) is 26.4 Å². The van der Waals surface area contributed by atoms with Crippen LogP contribution in [0.3, 0.4) is 0 Å². The molecule has 11 nitrogen and oxygen atoms in total. The van der Waals surface area contributed by atoms with Crippen LogP contribution in [-0.4, -0.2) is 80.2 Å². The van der Waals surface area contributed by atoms with Crippen LogP contribution in [-0.2, 0) is 31.8 Å². The van der Waals surface area contributed by atoms with E-state index in [4.69, 9.17) is 19.2 Å². The average molecular weight is 594 g/mol. The molecule has 2 N–H and O–H groups in total. The number of carbonyl (C=O) groups excluding carboxylic acids is 2. The molecular weight excluding hydrogens is 552 g/mol. The lowest BCUT2D eigenvalue weighted by molar-refractivity contribution is -0.146. The third kappa shape index (κ3) is 10.4. The number of methoxy groups -OCH3 is 2. The lowest BCUT2D eigenvalue weighted by Crippen LogP contribution is -2.47. The van der Waals surface area contributed by atoms with Gasteiger partial charge >= 0.3 is 18.6 Å². The maximum absolute atomic E-state index is 13.6. The predicted octanol–water partition coefficient (Wildman–Crippen LogP) is 4.47. The van der Waals surface area contributed by atoms with Crippen molar-refractivity contribution in [2.24, 2.45) is 0 Å². The summed E-state index contributed by atoms with van der Waals surface area (Å²) in [6, 6.07) is 5.53. The lowest BCUT2D eigenvalue weighted by Gasteiger charge is -2.33. The molecule has 0 unspecified atom stereocenters. The highest BCUT2D eigenvalue weighted by Crippen LogP contribution is 2.27. The molecule has 0 aromatic carbocycles. The van der Waals surface area contributed by atoms with Gasteiger partial charge in [-0.05, 0) is 49.3 Å². The number of nitrogens with one attached hydrogen (secondary N) is 2. The second-order valence-corrected chi connectivity index (χ2v) is 9.83. The zero-order valence-electron chi connectivity index (χ0n) is 24.4. The number of aromatic nitrogens is 2. The maximum Gasteiger partial charge on any atom is 0.388 e. The van der Waals surface area contributed by atoms with Gasteiger partial charge in [0.1, 0.15) is 5.82 Å². The van der Waals surface area contributed by atoms with E-state index in [1.807, 2.05) is 13.0 Å². The number of rotatable bonds is 17. The normalized spacial score (nSPS) is 13.3. The van der Waals surface area contributed by atoms with Crippen LogP contribution in [0.15, 0.2) is 30.5 Å². The van der Waals surface area contributed by atoms with Crippen molar-refractivity contribution >= 4 is 17.8 Å². The number of nitrogens with zero attached hydrogens (tertiary/aromatic N) is 3. The van der Waals surface area contributed by atoms with Gasteiger partial charge in [0.2, 0.25) is 5.88 Å². The summed E-state index contributed by atoms with van der Waals surface area (Å²) in [5, 5.41) is 6.25.